The van der Waals surface area contributed by atoms with Gasteiger partial charge >= 0.3 is 0 Å². The molecule has 2 atom stereocenters. The Bertz CT molecular complexity index is 727. The molecule has 4 rings (SSSR count). The molecule has 0 aromatic carbocycles. The minimum atomic E-state index is -0.283. The van der Waals surface area contributed by atoms with Crippen LogP contribution in [-0.2, 0) is 4.74 Å². The average Bonchev–Trinajstić information content (AvgIpc) is 3.04. The molecule has 1 spiro atoms. The van der Waals surface area contributed by atoms with Crippen LogP contribution in [0.5, 0.6) is 0 Å². The van der Waals surface area contributed by atoms with Crippen LogP contribution in [0.3, 0.4) is 0 Å². The lowest BCUT2D eigenvalue weighted by atomic mass is 9.88. The van der Waals surface area contributed by atoms with Crippen LogP contribution in [0.2, 0.25) is 0 Å². The number of hydrogen-bond donors (Lipinski definition) is 1. The summed E-state index contributed by atoms with van der Waals surface area (Å²) in [5.41, 5.74) is 0.208. The molecular formula is C18H21N5O2. The summed E-state index contributed by atoms with van der Waals surface area (Å²) < 4.78 is 6.15. The predicted molar refractivity (Wildman–Crippen MR) is 92.1 cm³/mol. The normalized spacial score (nSPS) is 25.9. The minimum Gasteiger partial charge on any atom is -0.371 e. The highest BCUT2D eigenvalue weighted by Gasteiger charge is 2.44. The lowest BCUT2D eigenvalue weighted by Gasteiger charge is -2.39. The minimum absolute atomic E-state index is 0.0222. The van der Waals surface area contributed by atoms with Crippen molar-refractivity contribution < 1.29 is 9.53 Å². The van der Waals surface area contributed by atoms with Gasteiger partial charge in [-0.3, -0.25) is 9.78 Å². The highest BCUT2D eigenvalue weighted by molar-refractivity contribution is 5.92. The maximum absolute atomic E-state index is 12.7. The van der Waals surface area contributed by atoms with Crippen molar-refractivity contribution in [1.29, 1.82) is 0 Å². The zero-order valence-corrected chi connectivity index (χ0v) is 14.0. The van der Waals surface area contributed by atoms with E-state index in [-0.39, 0.29) is 17.6 Å². The van der Waals surface area contributed by atoms with Gasteiger partial charge in [0, 0.05) is 31.6 Å². The fraction of sp³-hybridized carbons (Fsp3) is 0.444. The third-order valence-corrected chi connectivity index (χ3v) is 4.82. The maximum Gasteiger partial charge on any atom is 0.272 e. The SMILES string of the molecule is O=C(c1ccccn1)N1CCCC2(CC(Nc3ncccn3)CO2)C1. The summed E-state index contributed by atoms with van der Waals surface area (Å²) in [6, 6.07) is 7.37. The molecule has 7 nitrogen and oxygen atoms in total. The molecule has 1 amide bonds. The number of likely N-dealkylation sites (tertiary alicyclic amines) is 1. The van der Waals surface area contributed by atoms with E-state index in [2.05, 4.69) is 20.3 Å². The molecule has 0 saturated carbocycles. The number of aromatic nitrogens is 3. The number of ether oxygens (including phenoxy) is 1. The first-order chi connectivity index (χ1) is 12.2. The summed E-state index contributed by atoms with van der Waals surface area (Å²) in [6.45, 7) is 1.96. The van der Waals surface area contributed by atoms with Gasteiger partial charge < -0.3 is 15.0 Å². The molecule has 2 aromatic rings. The van der Waals surface area contributed by atoms with E-state index in [1.54, 1.807) is 30.7 Å². The zero-order valence-electron chi connectivity index (χ0n) is 14.0. The molecule has 2 aliphatic heterocycles. The summed E-state index contributed by atoms with van der Waals surface area (Å²) in [5, 5.41) is 3.33. The monoisotopic (exact) mass is 339 g/mol. The Morgan fingerprint density at radius 3 is 2.84 bits per heavy atom. The Morgan fingerprint density at radius 2 is 2.04 bits per heavy atom. The number of piperidine rings is 1. The van der Waals surface area contributed by atoms with E-state index in [1.165, 1.54) is 0 Å². The van der Waals surface area contributed by atoms with Gasteiger partial charge in [0.05, 0.1) is 24.8 Å². The predicted octanol–water partition coefficient (Wildman–Crippen LogP) is 1.75. The zero-order chi connectivity index (χ0) is 17.1. The second kappa shape index (κ2) is 6.76. The number of hydrogen-bond acceptors (Lipinski definition) is 6. The quantitative estimate of drug-likeness (QED) is 0.918. The van der Waals surface area contributed by atoms with Crippen molar-refractivity contribution in [2.75, 3.05) is 25.0 Å². The van der Waals surface area contributed by atoms with Crippen molar-refractivity contribution in [1.82, 2.24) is 19.9 Å². The Balaban J connectivity index is 1.42. The Labute approximate surface area is 146 Å². The third-order valence-electron chi connectivity index (χ3n) is 4.82. The van der Waals surface area contributed by atoms with Crippen LogP contribution in [0.4, 0.5) is 5.95 Å². The highest BCUT2D eigenvalue weighted by Crippen LogP contribution is 2.35. The Morgan fingerprint density at radius 1 is 1.20 bits per heavy atom. The topological polar surface area (TPSA) is 80.2 Å². The van der Waals surface area contributed by atoms with Crippen LogP contribution in [-0.4, -0.2) is 57.1 Å². The van der Waals surface area contributed by atoms with Crippen molar-refractivity contribution in [2.24, 2.45) is 0 Å². The second-order valence-corrected chi connectivity index (χ2v) is 6.66. The standard InChI is InChI=1S/C18H21N5O2/c24-16(15-5-1-2-7-19-15)23-10-3-6-18(13-23)11-14(12-25-18)22-17-20-8-4-9-21-17/h1-2,4-5,7-9,14H,3,6,10-13H2,(H,20,21,22). The molecule has 2 aromatic heterocycles. The molecule has 2 unspecified atom stereocenters. The van der Waals surface area contributed by atoms with E-state index in [1.807, 2.05) is 17.0 Å². The molecule has 0 aliphatic carbocycles. The van der Waals surface area contributed by atoms with Gasteiger partial charge in [-0.25, -0.2) is 9.97 Å². The molecular weight excluding hydrogens is 318 g/mol. The van der Waals surface area contributed by atoms with E-state index < -0.39 is 0 Å². The lowest BCUT2D eigenvalue weighted by Crippen LogP contribution is -2.50. The van der Waals surface area contributed by atoms with Crippen molar-refractivity contribution in [3.05, 3.63) is 48.5 Å². The molecule has 0 radical (unpaired) electrons. The number of carbonyl (C=O) groups excluding carboxylic acids is 1. The van der Waals surface area contributed by atoms with Gasteiger partial charge in [0.15, 0.2) is 0 Å². The van der Waals surface area contributed by atoms with Gasteiger partial charge in [-0.05, 0) is 31.0 Å². The summed E-state index contributed by atoms with van der Waals surface area (Å²) in [7, 11) is 0. The molecule has 7 heteroatoms. The first kappa shape index (κ1) is 16.0. The molecule has 2 fully saturated rings. The van der Waals surface area contributed by atoms with Gasteiger partial charge in [0.25, 0.3) is 5.91 Å². The van der Waals surface area contributed by atoms with E-state index >= 15 is 0 Å². The van der Waals surface area contributed by atoms with E-state index in [9.17, 15) is 4.79 Å². The molecule has 25 heavy (non-hydrogen) atoms. The summed E-state index contributed by atoms with van der Waals surface area (Å²) >= 11 is 0. The van der Waals surface area contributed by atoms with Crippen molar-refractivity contribution >= 4 is 11.9 Å². The van der Waals surface area contributed by atoms with Gasteiger partial charge in [-0.15, -0.1) is 0 Å². The van der Waals surface area contributed by atoms with Crippen LogP contribution in [0.25, 0.3) is 0 Å². The van der Waals surface area contributed by atoms with Crippen LogP contribution < -0.4 is 5.32 Å². The van der Waals surface area contributed by atoms with E-state index in [0.717, 1.165) is 25.8 Å². The van der Waals surface area contributed by atoms with Gasteiger partial charge in [0.2, 0.25) is 5.95 Å². The largest absolute Gasteiger partial charge is 0.371 e. The summed E-state index contributed by atoms with van der Waals surface area (Å²) in [5.74, 6) is 0.594. The van der Waals surface area contributed by atoms with Crippen LogP contribution in [0.15, 0.2) is 42.9 Å². The Hall–Kier alpha value is -2.54. The van der Waals surface area contributed by atoms with Crippen LogP contribution >= 0.6 is 0 Å². The number of rotatable bonds is 3. The molecule has 1 N–H and O–H groups in total. The average molecular weight is 339 g/mol. The van der Waals surface area contributed by atoms with Crippen molar-refractivity contribution in [2.45, 2.75) is 30.9 Å². The number of nitrogens with one attached hydrogen (secondary N) is 1. The summed E-state index contributed by atoms with van der Waals surface area (Å²) in [6.07, 6.45) is 7.83. The smallest absolute Gasteiger partial charge is 0.272 e. The molecule has 2 saturated heterocycles. The fourth-order valence-electron chi connectivity index (χ4n) is 3.70. The molecule has 4 heterocycles. The number of nitrogens with zero attached hydrogens (tertiary/aromatic N) is 4. The van der Waals surface area contributed by atoms with Crippen LogP contribution in [0.1, 0.15) is 29.8 Å². The van der Waals surface area contributed by atoms with E-state index in [0.29, 0.717) is 24.8 Å². The maximum atomic E-state index is 12.7. The Kier molecular flexibility index (Phi) is 4.31. The fourth-order valence-corrected chi connectivity index (χ4v) is 3.70. The van der Waals surface area contributed by atoms with E-state index in [4.69, 9.17) is 4.74 Å². The second-order valence-electron chi connectivity index (χ2n) is 6.66. The van der Waals surface area contributed by atoms with Crippen molar-refractivity contribution in [3.8, 4) is 0 Å². The van der Waals surface area contributed by atoms with Gasteiger partial charge in [-0.2, -0.15) is 0 Å². The van der Waals surface area contributed by atoms with Gasteiger partial charge in [0.1, 0.15) is 5.69 Å². The molecule has 0 bridgehead atoms. The molecule has 130 valence electrons. The first-order valence-electron chi connectivity index (χ1n) is 8.62. The van der Waals surface area contributed by atoms with Crippen molar-refractivity contribution in [3.63, 3.8) is 0 Å². The number of anilines is 1. The number of pyridine rings is 1. The number of amides is 1. The summed E-state index contributed by atoms with van der Waals surface area (Å²) in [4.78, 5) is 27.1. The lowest BCUT2D eigenvalue weighted by molar-refractivity contribution is -0.0448. The first-order valence-corrected chi connectivity index (χ1v) is 8.62. The van der Waals surface area contributed by atoms with Crippen LogP contribution in [0, 0.1) is 0 Å². The van der Waals surface area contributed by atoms with Gasteiger partial charge in [-0.1, -0.05) is 6.07 Å². The third kappa shape index (κ3) is 3.46. The number of carbonyl (C=O) groups is 1. The molecule has 2 aliphatic rings. The highest BCUT2D eigenvalue weighted by atomic mass is 16.5.